The molecule has 0 heterocycles. The van der Waals surface area contributed by atoms with Gasteiger partial charge in [0.15, 0.2) is 0 Å². The highest BCUT2D eigenvalue weighted by atomic mass is 32.2. The molecule has 0 spiro atoms. The van der Waals surface area contributed by atoms with Crippen LogP contribution in [0.15, 0.2) is 41.4 Å². The summed E-state index contributed by atoms with van der Waals surface area (Å²) in [5, 5.41) is 3.26. The first-order chi connectivity index (χ1) is 6.26. The van der Waals surface area contributed by atoms with Crippen molar-refractivity contribution in [2.24, 2.45) is 0 Å². The van der Waals surface area contributed by atoms with Gasteiger partial charge >= 0.3 is 0 Å². The van der Waals surface area contributed by atoms with Crippen molar-refractivity contribution in [1.29, 1.82) is 0 Å². The van der Waals surface area contributed by atoms with Crippen LogP contribution in [0.3, 0.4) is 0 Å². The van der Waals surface area contributed by atoms with Crippen molar-refractivity contribution >= 4 is 17.4 Å². The first kappa shape index (κ1) is 10.2. The van der Waals surface area contributed by atoms with Crippen LogP contribution in [-0.2, 0) is 0 Å². The van der Waals surface area contributed by atoms with Gasteiger partial charge < -0.3 is 5.32 Å². The summed E-state index contributed by atoms with van der Waals surface area (Å²) >= 11 is 1.75. The van der Waals surface area contributed by atoms with E-state index < -0.39 is 0 Å². The van der Waals surface area contributed by atoms with E-state index in [-0.39, 0.29) is 0 Å². The number of thioether (sulfide) groups is 1. The maximum absolute atomic E-state index is 3.91. The molecule has 0 aliphatic heterocycles. The highest BCUT2D eigenvalue weighted by molar-refractivity contribution is 7.98. The molecule has 1 N–H and O–H groups in total. The molecule has 0 atom stereocenters. The van der Waals surface area contributed by atoms with Gasteiger partial charge in [0.05, 0.1) is 0 Å². The van der Waals surface area contributed by atoms with Gasteiger partial charge in [-0.25, -0.2) is 0 Å². The summed E-state index contributed by atoms with van der Waals surface area (Å²) in [6.45, 7) is 6.00. The zero-order valence-corrected chi connectivity index (χ0v) is 8.95. The minimum atomic E-state index is 0.962. The maximum atomic E-state index is 3.91. The predicted molar refractivity (Wildman–Crippen MR) is 61.3 cm³/mol. The third-order valence-electron chi connectivity index (χ3n) is 1.82. The highest BCUT2D eigenvalue weighted by Crippen LogP contribution is 2.20. The molecule has 70 valence electrons. The van der Waals surface area contributed by atoms with E-state index in [4.69, 9.17) is 0 Å². The van der Waals surface area contributed by atoms with Gasteiger partial charge in [-0.15, -0.1) is 11.8 Å². The lowest BCUT2D eigenvalue weighted by molar-refractivity contribution is 1.11. The minimum Gasteiger partial charge on any atom is -0.359 e. The second-order valence-corrected chi connectivity index (χ2v) is 3.69. The Bertz CT molecular complexity index is 294. The fourth-order valence-electron chi connectivity index (χ4n) is 0.993. The molecule has 2 heteroatoms. The van der Waals surface area contributed by atoms with E-state index in [0.717, 1.165) is 17.8 Å². The van der Waals surface area contributed by atoms with E-state index in [1.165, 1.54) is 4.90 Å². The molecule has 13 heavy (non-hydrogen) atoms. The molecule has 0 aliphatic rings. The van der Waals surface area contributed by atoms with Crippen LogP contribution < -0.4 is 5.32 Å². The van der Waals surface area contributed by atoms with E-state index in [9.17, 15) is 0 Å². The normalized spacial score (nSPS) is 9.69. The summed E-state index contributed by atoms with van der Waals surface area (Å²) in [4.78, 5) is 1.27. The van der Waals surface area contributed by atoms with E-state index in [1.54, 1.807) is 11.8 Å². The average molecular weight is 193 g/mol. The third kappa shape index (κ3) is 3.15. The molecule has 0 unspecified atom stereocenters. The zero-order chi connectivity index (χ0) is 9.68. The van der Waals surface area contributed by atoms with Crippen LogP contribution in [0.2, 0.25) is 0 Å². The molecule has 1 nitrogen and oxygen atoms in total. The smallest absolute Gasteiger partial charge is 0.0392 e. The third-order valence-corrected chi connectivity index (χ3v) is 2.54. The Morgan fingerprint density at radius 2 is 2.31 bits per heavy atom. The second-order valence-electron chi connectivity index (χ2n) is 2.81. The molecular weight excluding hydrogens is 178 g/mol. The van der Waals surface area contributed by atoms with Crippen molar-refractivity contribution in [2.75, 3.05) is 11.6 Å². The fraction of sp³-hybridized carbons (Fsp3) is 0.273. The summed E-state index contributed by atoms with van der Waals surface area (Å²) in [5.41, 5.74) is 2.18. The zero-order valence-electron chi connectivity index (χ0n) is 8.13. The highest BCUT2D eigenvalue weighted by Gasteiger charge is 1.94. The lowest BCUT2D eigenvalue weighted by Crippen LogP contribution is -1.95. The number of anilines is 1. The van der Waals surface area contributed by atoms with Crippen LogP contribution >= 0.6 is 11.8 Å². The van der Waals surface area contributed by atoms with Crippen LogP contribution in [0.25, 0.3) is 0 Å². The van der Waals surface area contributed by atoms with Crippen molar-refractivity contribution < 1.29 is 0 Å². The van der Waals surface area contributed by atoms with Gasteiger partial charge in [0.2, 0.25) is 0 Å². The van der Waals surface area contributed by atoms with Crippen LogP contribution in [-0.4, -0.2) is 6.26 Å². The molecule has 0 aromatic heterocycles. The molecule has 1 rings (SSSR count). The van der Waals surface area contributed by atoms with Gasteiger partial charge in [-0.3, -0.25) is 0 Å². The molecule has 0 radical (unpaired) electrons. The molecule has 0 fully saturated rings. The van der Waals surface area contributed by atoms with Crippen LogP contribution in [0.1, 0.15) is 13.3 Å². The standard InChI is InChI=1S/C11H15NS/c1-4-9(2)12-10-6-5-7-11(8-10)13-3/h5-8,12H,2,4H2,1,3H3. The number of allylic oxidation sites excluding steroid dienone is 1. The van der Waals surface area contributed by atoms with Gasteiger partial charge in [-0.2, -0.15) is 0 Å². The average Bonchev–Trinajstić information content (AvgIpc) is 2.18. The second kappa shape index (κ2) is 4.97. The lowest BCUT2D eigenvalue weighted by atomic mass is 10.3. The predicted octanol–water partition coefficient (Wildman–Crippen LogP) is 3.74. The largest absolute Gasteiger partial charge is 0.359 e. The Kier molecular flexibility index (Phi) is 3.90. The molecule has 0 saturated heterocycles. The van der Waals surface area contributed by atoms with Crippen molar-refractivity contribution in [3.8, 4) is 0 Å². The summed E-state index contributed by atoms with van der Waals surface area (Å²) < 4.78 is 0. The van der Waals surface area contributed by atoms with Crippen LogP contribution in [0.4, 0.5) is 5.69 Å². The molecule has 1 aromatic rings. The Balaban J connectivity index is 2.71. The molecule has 1 aromatic carbocycles. The molecule has 0 saturated carbocycles. The van der Waals surface area contributed by atoms with E-state index in [2.05, 4.69) is 49.3 Å². The molecular formula is C11H15NS. The van der Waals surface area contributed by atoms with Crippen molar-refractivity contribution in [1.82, 2.24) is 0 Å². The topological polar surface area (TPSA) is 12.0 Å². The summed E-state index contributed by atoms with van der Waals surface area (Å²) in [5.74, 6) is 0. The first-order valence-corrected chi connectivity index (χ1v) is 5.57. The van der Waals surface area contributed by atoms with Crippen LogP contribution in [0, 0.1) is 0 Å². The van der Waals surface area contributed by atoms with Crippen LogP contribution in [0.5, 0.6) is 0 Å². The number of nitrogens with one attached hydrogen (secondary N) is 1. The van der Waals surface area contributed by atoms with Gasteiger partial charge in [0.1, 0.15) is 0 Å². The van der Waals surface area contributed by atoms with E-state index in [0.29, 0.717) is 0 Å². The van der Waals surface area contributed by atoms with Gasteiger partial charge in [0.25, 0.3) is 0 Å². The summed E-state index contributed by atoms with van der Waals surface area (Å²) in [6.07, 6.45) is 3.04. The lowest BCUT2D eigenvalue weighted by Gasteiger charge is -2.07. The first-order valence-electron chi connectivity index (χ1n) is 4.35. The summed E-state index contributed by atoms with van der Waals surface area (Å²) in [7, 11) is 0. The Hall–Kier alpha value is -0.890. The Morgan fingerprint density at radius 1 is 1.54 bits per heavy atom. The van der Waals surface area contributed by atoms with Crippen molar-refractivity contribution in [2.45, 2.75) is 18.2 Å². The Labute approximate surface area is 84.2 Å². The summed E-state index contributed by atoms with van der Waals surface area (Å²) in [6, 6.07) is 8.34. The van der Waals surface area contributed by atoms with Gasteiger partial charge in [0, 0.05) is 16.3 Å². The SMILES string of the molecule is C=C(CC)Nc1cccc(SC)c1. The number of benzene rings is 1. The van der Waals surface area contributed by atoms with Crippen molar-refractivity contribution in [3.63, 3.8) is 0 Å². The Morgan fingerprint density at radius 3 is 2.92 bits per heavy atom. The molecule has 0 amide bonds. The molecule has 0 bridgehead atoms. The number of hydrogen-bond donors (Lipinski definition) is 1. The monoisotopic (exact) mass is 193 g/mol. The number of hydrogen-bond acceptors (Lipinski definition) is 2. The van der Waals surface area contributed by atoms with Crippen molar-refractivity contribution in [3.05, 3.63) is 36.5 Å². The minimum absolute atomic E-state index is 0.962. The van der Waals surface area contributed by atoms with E-state index in [1.807, 2.05) is 0 Å². The number of rotatable bonds is 4. The van der Waals surface area contributed by atoms with Gasteiger partial charge in [-0.05, 0) is 30.9 Å². The molecule has 0 aliphatic carbocycles. The van der Waals surface area contributed by atoms with E-state index >= 15 is 0 Å². The van der Waals surface area contributed by atoms with Gasteiger partial charge in [-0.1, -0.05) is 19.6 Å². The fourth-order valence-corrected chi connectivity index (χ4v) is 1.45. The maximum Gasteiger partial charge on any atom is 0.0392 e. The quantitative estimate of drug-likeness (QED) is 0.731.